The number of hydrogen-bond donors (Lipinski definition) is 0. The van der Waals surface area contributed by atoms with Crippen molar-refractivity contribution in [3.8, 4) is 0 Å². The average Bonchev–Trinajstić information content (AvgIpc) is 3.08. The Morgan fingerprint density at radius 1 is 1.25 bits per heavy atom. The molecule has 0 unspecified atom stereocenters. The fourth-order valence-electron chi connectivity index (χ4n) is 3.28. The number of pyridine rings is 1. The van der Waals surface area contributed by atoms with Gasteiger partial charge in [0.1, 0.15) is 5.73 Å². The zero-order valence-electron chi connectivity index (χ0n) is 14.8. The maximum absolute atomic E-state index is 14.6. The molecule has 0 N–H and O–H groups in total. The van der Waals surface area contributed by atoms with E-state index >= 15 is 0 Å². The van der Waals surface area contributed by atoms with Crippen LogP contribution in [0.4, 0.5) is 4.39 Å². The molecule has 1 saturated carbocycles. The van der Waals surface area contributed by atoms with Gasteiger partial charge in [0.15, 0.2) is 0 Å². The molecule has 1 aromatic heterocycles. The van der Waals surface area contributed by atoms with E-state index in [1.54, 1.807) is 22.9 Å². The Hall–Kier alpha value is -1.40. The summed E-state index contributed by atoms with van der Waals surface area (Å²) in [5.74, 6) is 0. The third-order valence-electron chi connectivity index (χ3n) is 5.49. The van der Waals surface area contributed by atoms with Crippen LogP contribution in [-0.2, 0) is 9.31 Å². The number of nitrogens with zero attached hydrogens (tertiary/aromatic N) is 1. The molecule has 1 saturated heterocycles. The van der Waals surface area contributed by atoms with Crippen LogP contribution in [0.1, 0.15) is 65.0 Å². The molecule has 1 aliphatic heterocycles. The van der Waals surface area contributed by atoms with Crippen molar-refractivity contribution >= 4 is 13.2 Å². The van der Waals surface area contributed by atoms with Crippen LogP contribution in [0.3, 0.4) is 0 Å². The van der Waals surface area contributed by atoms with Crippen LogP contribution >= 0.6 is 0 Å². The molecule has 130 valence electrons. The van der Waals surface area contributed by atoms with E-state index in [0.717, 1.165) is 25.7 Å². The van der Waals surface area contributed by atoms with Gasteiger partial charge in [-0.1, -0.05) is 12.8 Å². The van der Waals surface area contributed by atoms with Crippen LogP contribution in [0.5, 0.6) is 0 Å². The van der Waals surface area contributed by atoms with Crippen LogP contribution in [0.2, 0.25) is 0 Å². The number of aromatic nitrogens is 1. The molecule has 2 aliphatic rings. The molecule has 2 fully saturated rings. The van der Waals surface area contributed by atoms with Gasteiger partial charge in [0.05, 0.1) is 11.2 Å². The molecular formula is C18H25BFNO3. The largest absolute Gasteiger partial charge is 0.525 e. The van der Waals surface area contributed by atoms with Crippen molar-refractivity contribution in [1.82, 2.24) is 4.57 Å². The molecule has 0 bridgehead atoms. The third kappa shape index (κ3) is 3.09. The Kier molecular flexibility index (Phi) is 4.47. The van der Waals surface area contributed by atoms with Crippen molar-refractivity contribution in [2.24, 2.45) is 0 Å². The molecule has 4 nitrogen and oxygen atoms in total. The molecule has 0 amide bonds. The lowest BCUT2D eigenvalue weighted by Crippen LogP contribution is -2.41. The van der Waals surface area contributed by atoms with Gasteiger partial charge in [0.25, 0.3) is 5.56 Å². The van der Waals surface area contributed by atoms with E-state index < -0.39 is 24.0 Å². The van der Waals surface area contributed by atoms with Crippen molar-refractivity contribution < 1.29 is 13.7 Å². The molecule has 0 atom stereocenters. The Bertz CT molecular complexity index is 688. The second-order valence-corrected chi connectivity index (χ2v) is 7.73. The Morgan fingerprint density at radius 2 is 1.83 bits per heavy atom. The number of halogens is 1. The van der Waals surface area contributed by atoms with Crippen LogP contribution in [0, 0.1) is 0 Å². The summed E-state index contributed by atoms with van der Waals surface area (Å²) in [6.45, 7) is 7.48. The van der Waals surface area contributed by atoms with E-state index in [1.165, 1.54) is 6.08 Å². The van der Waals surface area contributed by atoms with Gasteiger partial charge in [0.2, 0.25) is 0 Å². The first-order valence-electron chi connectivity index (χ1n) is 8.65. The van der Waals surface area contributed by atoms with Crippen molar-refractivity contribution in [1.29, 1.82) is 0 Å². The highest BCUT2D eigenvalue weighted by molar-refractivity contribution is 6.54. The van der Waals surface area contributed by atoms with Gasteiger partial charge in [-0.25, -0.2) is 4.39 Å². The summed E-state index contributed by atoms with van der Waals surface area (Å²) < 4.78 is 27.8. The molecular weight excluding hydrogens is 308 g/mol. The molecule has 0 radical (unpaired) electrons. The van der Waals surface area contributed by atoms with Crippen molar-refractivity contribution in [3.63, 3.8) is 0 Å². The molecule has 0 spiro atoms. The molecule has 6 heteroatoms. The maximum atomic E-state index is 14.6. The Labute approximate surface area is 142 Å². The predicted molar refractivity (Wildman–Crippen MR) is 93.4 cm³/mol. The van der Waals surface area contributed by atoms with E-state index in [2.05, 4.69) is 0 Å². The van der Waals surface area contributed by atoms with Crippen LogP contribution in [-0.4, -0.2) is 22.9 Å². The summed E-state index contributed by atoms with van der Waals surface area (Å²) in [4.78, 5) is 12.6. The number of hydrogen-bond acceptors (Lipinski definition) is 3. The van der Waals surface area contributed by atoms with Gasteiger partial charge < -0.3 is 13.9 Å². The lowest BCUT2D eigenvalue weighted by Gasteiger charge is -2.32. The molecule has 1 aromatic rings. The summed E-state index contributed by atoms with van der Waals surface area (Å²) in [6, 6.07) is 3.66. The van der Waals surface area contributed by atoms with Crippen molar-refractivity contribution in [2.75, 3.05) is 0 Å². The molecule has 2 heterocycles. The first-order chi connectivity index (χ1) is 11.2. The van der Waals surface area contributed by atoms with E-state index in [-0.39, 0.29) is 11.6 Å². The molecule has 24 heavy (non-hydrogen) atoms. The standard InChI is InChI=1S/C18H25BFNO3/c1-17(2)18(3,4)24-19(23-17)15(20)12-13-8-7-11-21(16(13)22)14-9-5-6-10-14/h7-8,11-12,14H,5-6,9-10H2,1-4H3. The van der Waals surface area contributed by atoms with E-state index in [1.807, 2.05) is 27.7 Å². The minimum absolute atomic E-state index is 0.156. The van der Waals surface area contributed by atoms with Crippen LogP contribution in [0.15, 0.2) is 28.9 Å². The van der Waals surface area contributed by atoms with Gasteiger partial charge in [0, 0.05) is 17.8 Å². The maximum Gasteiger partial charge on any atom is 0.525 e. The molecule has 3 rings (SSSR count). The summed E-state index contributed by atoms with van der Waals surface area (Å²) in [5.41, 5.74) is -1.62. The smallest absolute Gasteiger partial charge is 0.398 e. The predicted octanol–water partition coefficient (Wildman–Crippen LogP) is 3.91. The first-order valence-corrected chi connectivity index (χ1v) is 8.65. The fraction of sp³-hybridized carbons (Fsp3) is 0.611. The molecule has 1 aliphatic carbocycles. The molecule has 0 aromatic carbocycles. The quantitative estimate of drug-likeness (QED) is 0.788. The van der Waals surface area contributed by atoms with Gasteiger partial charge in [-0.15, -0.1) is 0 Å². The van der Waals surface area contributed by atoms with Crippen molar-refractivity contribution in [3.05, 3.63) is 40.0 Å². The van der Waals surface area contributed by atoms with Gasteiger partial charge >= 0.3 is 7.12 Å². The summed E-state index contributed by atoms with van der Waals surface area (Å²) in [6.07, 6.45) is 7.33. The topological polar surface area (TPSA) is 40.5 Å². The third-order valence-corrected chi connectivity index (χ3v) is 5.49. The first kappa shape index (κ1) is 17.4. The van der Waals surface area contributed by atoms with Crippen LogP contribution < -0.4 is 5.56 Å². The summed E-state index contributed by atoms with van der Waals surface area (Å²) >= 11 is 0. The average molecular weight is 333 g/mol. The fourth-order valence-corrected chi connectivity index (χ4v) is 3.28. The highest BCUT2D eigenvalue weighted by Crippen LogP contribution is 2.39. The zero-order chi connectivity index (χ0) is 17.5. The summed E-state index contributed by atoms with van der Waals surface area (Å²) in [5, 5.41) is 0. The second-order valence-electron chi connectivity index (χ2n) is 7.73. The highest BCUT2D eigenvalue weighted by Gasteiger charge is 2.53. The van der Waals surface area contributed by atoms with E-state index in [9.17, 15) is 9.18 Å². The number of rotatable bonds is 3. The second kappa shape index (κ2) is 6.15. The Balaban J connectivity index is 1.86. The monoisotopic (exact) mass is 333 g/mol. The minimum atomic E-state index is -1.07. The van der Waals surface area contributed by atoms with E-state index in [4.69, 9.17) is 9.31 Å². The zero-order valence-corrected chi connectivity index (χ0v) is 14.8. The lowest BCUT2D eigenvalue weighted by molar-refractivity contribution is 0.00578. The summed E-state index contributed by atoms with van der Waals surface area (Å²) in [7, 11) is -1.07. The van der Waals surface area contributed by atoms with Crippen LogP contribution in [0.25, 0.3) is 6.08 Å². The van der Waals surface area contributed by atoms with Gasteiger partial charge in [-0.3, -0.25) is 4.79 Å². The minimum Gasteiger partial charge on any atom is -0.398 e. The highest BCUT2D eigenvalue weighted by atomic mass is 19.1. The van der Waals surface area contributed by atoms with Gasteiger partial charge in [-0.2, -0.15) is 0 Å². The SMILES string of the molecule is CC1(C)OB(C(F)=Cc2cccn(C3CCCC3)c2=O)OC1(C)C. The van der Waals surface area contributed by atoms with Crippen molar-refractivity contribution in [2.45, 2.75) is 70.6 Å². The lowest BCUT2D eigenvalue weighted by atomic mass is 9.87. The van der Waals surface area contributed by atoms with Gasteiger partial charge in [-0.05, 0) is 58.7 Å². The Morgan fingerprint density at radius 3 is 2.42 bits per heavy atom. The van der Waals surface area contributed by atoms with E-state index in [0.29, 0.717) is 5.56 Å². The normalized spacial score (nSPS) is 23.9.